The Labute approximate surface area is 107 Å². The van der Waals surface area contributed by atoms with E-state index in [1.165, 1.54) is 0 Å². The van der Waals surface area contributed by atoms with Crippen molar-refractivity contribution in [2.24, 2.45) is 5.73 Å². The number of hydrogen-bond donors (Lipinski definition) is 1. The number of hydrogen-bond acceptors (Lipinski definition) is 3. The fourth-order valence-electron chi connectivity index (χ4n) is 2.12. The van der Waals surface area contributed by atoms with E-state index < -0.39 is 0 Å². The molecule has 1 saturated heterocycles. The van der Waals surface area contributed by atoms with Gasteiger partial charge >= 0.3 is 0 Å². The summed E-state index contributed by atoms with van der Waals surface area (Å²) >= 11 is 6.31. The van der Waals surface area contributed by atoms with Gasteiger partial charge in [-0.05, 0) is 31.0 Å². The maximum atomic E-state index is 6.31. The lowest BCUT2D eigenvalue weighted by atomic mass is 10.1. The first-order valence-corrected chi connectivity index (χ1v) is 6.33. The molecule has 1 aromatic rings. The van der Waals surface area contributed by atoms with Gasteiger partial charge in [-0.25, -0.2) is 0 Å². The monoisotopic (exact) mass is 254 g/mol. The van der Waals surface area contributed by atoms with Crippen LogP contribution in [0.4, 0.5) is 5.69 Å². The molecule has 1 aliphatic heterocycles. The van der Waals surface area contributed by atoms with Gasteiger partial charge < -0.3 is 15.4 Å². The minimum absolute atomic E-state index is 0.0154. The van der Waals surface area contributed by atoms with Crippen molar-refractivity contribution >= 4 is 17.3 Å². The highest BCUT2D eigenvalue weighted by molar-refractivity contribution is 6.33. The molecule has 2 atom stereocenters. The van der Waals surface area contributed by atoms with E-state index in [4.69, 9.17) is 22.1 Å². The minimum Gasteiger partial charge on any atom is -0.379 e. The summed E-state index contributed by atoms with van der Waals surface area (Å²) in [7, 11) is 2.06. The molecule has 94 valence electrons. The van der Waals surface area contributed by atoms with Crippen LogP contribution >= 0.6 is 11.6 Å². The van der Waals surface area contributed by atoms with Crippen LogP contribution in [0.15, 0.2) is 18.2 Å². The number of halogens is 1. The Kier molecular flexibility index (Phi) is 3.92. The van der Waals surface area contributed by atoms with Gasteiger partial charge in [-0.15, -0.1) is 0 Å². The molecule has 1 fully saturated rings. The second-order valence-electron chi connectivity index (χ2n) is 4.63. The third-order valence-electron chi connectivity index (χ3n) is 3.33. The number of nitrogens with zero attached hydrogens (tertiary/aromatic N) is 1. The van der Waals surface area contributed by atoms with Crippen LogP contribution < -0.4 is 10.6 Å². The van der Waals surface area contributed by atoms with Gasteiger partial charge in [0.2, 0.25) is 0 Å². The summed E-state index contributed by atoms with van der Waals surface area (Å²) in [4.78, 5) is 2.19. The van der Waals surface area contributed by atoms with Crippen LogP contribution in [-0.2, 0) is 4.74 Å². The quantitative estimate of drug-likeness (QED) is 0.901. The first kappa shape index (κ1) is 12.7. The molecule has 1 heterocycles. The fourth-order valence-corrected chi connectivity index (χ4v) is 2.44. The molecule has 1 aliphatic rings. The summed E-state index contributed by atoms with van der Waals surface area (Å²) in [6.07, 6.45) is 1.06. The fraction of sp³-hybridized carbons (Fsp3) is 0.538. The van der Waals surface area contributed by atoms with Crippen LogP contribution in [0.1, 0.15) is 24.9 Å². The molecule has 0 radical (unpaired) electrons. The van der Waals surface area contributed by atoms with Crippen LogP contribution in [0.2, 0.25) is 5.02 Å². The molecule has 2 rings (SSSR count). The number of nitrogens with two attached hydrogens (primary N) is 1. The number of rotatable bonds is 3. The maximum absolute atomic E-state index is 6.31. The topological polar surface area (TPSA) is 38.5 Å². The maximum Gasteiger partial charge on any atom is 0.0670 e. The Morgan fingerprint density at radius 1 is 1.53 bits per heavy atom. The van der Waals surface area contributed by atoms with Crippen molar-refractivity contribution in [3.63, 3.8) is 0 Å². The van der Waals surface area contributed by atoms with Gasteiger partial charge in [0.1, 0.15) is 0 Å². The second-order valence-corrected chi connectivity index (χ2v) is 5.04. The smallest absolute Gasteiger partial charge is 0.0670 e. The standard InChI is InChI=1S/C13H19ClN2O/c1-9(15)10-3-4-13(12(14)7-10)16(2)11-5-6-17-8-11/h3-4,7,9,11H,5-6,8,15H2,1-2H3. The predicted molar refractivity (Wildman–Crippen MR) is 71.7 cm³/mol. The molecule has 0 aliphatic carbocycles. The molecule has 0 aromatic heterocycles. The zero-order valence-corrected chi connectivity index (χ0v) is 11.1. The van der Waals surface area contributed by atoms with Gasteiger partial charge in [0, 0.05) is 19.7 Å². The Bertz CT molecular complexity index is 389. The van der Waals surface area contributed by atoms with Gasteiger partial charge in [0.25, 0.3) is 0 Å². The van der Waals surface area contributed by atoms with Crippen LogP contribution in [-0.4, -0.2) is 26.3 Å². The normalized spacial score (nSPS) is 21.5. The minimum atomic E-state index is 0.0154. The molecule has 1 aromatic carbocycles. The lowest BCUT2D eigenvalue weighted by Crippen LogP contribution is -2.32. The van der Waals surface area contributed by atoms with Crippen LogP contribution in [0.3, 0.4) is 0 Å². The lowest BCUT2D eigenvalue weighted by Gasteiger charge is -2.26. The average Bonchev–Trinajstić information content (AvgIpc) is 2.81. The Hall–Kier alpha value is -0.770. The zero-order chi connectivity index (χ0) is 12.4. The van der Waals surface area contributed by atoms with Gasteiger partial charge in [-0.1, -0.05) is 17.7 Å². The van der Waals surface area contributed by atoms with E-state index in [0.29, 0.717) is 6.04 Å². The first-order valence-electron chi connectivity index (χ1n) is 5.95. The van der Waals surface area contributed by atoms with Crippen molar-refractivity contribution < 1.29 is 4.74 Å². The van der Waals surface area contributed by atoms with Crippen LogP contribution in [0.25, 0.3) is 0 Å². The Morgan fingerprint density at radius 2 is 2.29 bits per heavy atom. The van der Waals surface area contributed by atoms with Crippen LogP contribution in [0, 0.1) is 0 Å². The number of anilines is 1. The van der Waals surface area contributed by atoms with E-state index in [9.17, 15) is 0 Å². The molecular formula is C13H19ClN2O. The van der Waals surface area contributed by atoms with Crippen molar-refractivity contribution in [3.05, 3.63) is 28.8 Å². The molecule has 0 amide bonds. The Morgan fingerprint density at radius 3 is 2.82 bits per heavy atom. The second kappa shape index (κ2) is 5.25. The van der Waals surface area contributed by atoms with E-state index in [0.717, 1.165) is 35.9 Å². The summed E-state index contributed by atoms with van der Waals surface area (Å²) in [6, 6.07) is 6.47. The molecule has 2 unspecified atom stereocenters. The van der Waals surface area contributed by atoms with Crippen molar-refractivity contribution in [1.29, 1.82) is 0 Å². The molecular weight excluding hydrogens is 236 g/mol. The SMILES string of the molecule is CC(N)c1ccc(N(C)C2CCOC2)c(Cl)c1. The summed E-state index contributed by atoms with van der Waals surface area (Å²) in [5, 5.41) is 0.759. The number of ether oxygens (including phenoxy) is 1. The highest BCUT2D eigenvalue weighted by atomic mass is 35.5. The molecule has 0 bridgehead atoms. The van der Waals surface area contributed by atoms with E-state index in [-0.39, 0.29) is 6.04 Å². The number of likely N-dealkylation sites (N-methyl/N-ethyl adjacent to an activating group) is 1. The van der Waals surface area contributed by atoms with Gasteiger partial charge in [-0.2, -0.15) is 0 Å². The van der Waals surface area contributed by atoms with Gasteiger partial charge in [0.05, 0.1) is 23.4 Å². The van der Waals surface area contributed by atoms with Crippen molar-refractivity contribution in [2.45, 2.75) is 25.4 Å². The van der Waals surface area contributed by atoms with E-state index in [2.05, 4.69) is 11.9 Å². The van der Waals surface area contributed by atoms with E-state index in [1.807, 2.05) is 25.1 Å². The van der Waals surface area contributed by atoms with E-state index >= 15 is 0 Å². The van der Waals surface area contributed by atoms with Gasteiger partial charge in [0.15, 0.2) is 0 Å². The van der Waals surface area contributed by atoms with Crippen LogP contribution in [0.5, 0.6) is 0 Å². The third-order valence-corrected chi connectivity index (χ3v) is 3.63. The summed E-state index contributed by atoms with van der Waals surface area (Å²) in [5.74, 6) is 0. The highest BCUT2D eigenvalue weighted by Gasteiger charge is 2.22. The molecule has 2 N–H and O–H groups in total. The molecule has 0 saturated carbocycles. The molecule has 17 heavy (non-hydrogen) atoms. The molecule has 0 spiro atoms. The average molecular weight is 255 g/mol. The third kappa shape index (κ3) is 2.73. The molecule has 3 nitrogen and oxygen atoms in total. The van der Waals surface area contributed by atoms with Crippen molar-refractivity contribution in [2.75, 3.05) is 25.2 Å². The summed E-state index contributed by atoms with van der Waals surface area (Å²) in [5.41, 5.74) is 7.95. The summed E-state index contributed by atoms with van der Waals surface area (Å²) < 4.78 is 5.40. The highest BCUT2D eigenvalue weighted by Crippen LogP contribution is 2.30. The zero-order valence-electron chi connectivity index (χ0n) is 10.3. The van der Waals surface area contributed by atoms with Crippen molar-refractivity contribution in [1.82, 2.24) is 0 Å². The largest absolute Gasteiger partial charge is 0.379 e. The Balaban J connectivity index is 2.20. The lowest BCUT2D eigenvalue weighted by molar-refractivity contribution is 0.193. The number of benzene rings is 1. The van der Waals surface area contributed by atoms with Crippen molar-refractivity contribution in [3.8, 4) is 0 Å². The predicted octanol–water partition coefficient (Wildman–Crippen LogP) is 2.58. The molecule has 4 heteroatoms. The van der Waals surface area contributed by atoms with Gasteiger partial charge in [-0.3, -0.25) is 0 Å². The van der Waals surface area contributed by atoms with E-state index in [1.54, 1.807) is 0 Å². The summed E-state index contributed by atoms with van der Waals surface area (Å²) in [6.45, 7) is 3.58. The first-order chi connectivity index (χ1) is 8.09.